The number of halogens is 1. The van der Waals surface area contributed by atoms with Crippen LogP contribution in [0.4, 0.5) is 4.39 Å². The smallest absolute Gasteiger partial charge is 0.137 e. The number of pyridine rings is 1. The predicted molar refractivity (Wildman–Crippen MR) is 63.1 cm³/mol. The topological polar surface area (TPSA) is 12.9 Å². The Morgan fingerprint density at radius 2 is 2.12 bits per heavy atom. The molecule has 1 aliphatic rings. The van der Waals surface area contributed by atoms with Gasteiger partial charge in [0, 0.05) is 10.9 Å². The standard InChI is InChI=1S/C14H14FN/c1-9-5-4-7-11-13(15)10-6-2-3-8-12(10)16-14(9)11/h2-3,6,8-9H,4-5,7H2,1H3. The van der Waals surface area contributed by atoms with Crippen molar-refractivity contribution in [3.05, 3.63) is 41.3 Å². The summed E-state index contributed by atoms with van der Waals surface area (Å²) in [6, 6.07) is 7.48. The van der Waals surface area contributed by atoms with Gasteiger partial charge in [-0.1, -0.05) is 19.1 Å². The fourth-order valence-electron chi connectivity index (χ4n) is 2.60. The SMILES string of the molecule is CC1CCCc2c1nc1ccccc1c2F. The van der Waals surface area contributed by atoms with E-state index in [1.807, 2.05) is 24.3 Å². The molecule has 16 heavy (non-hydrogen) atoms. The van der Waals surface area contributed by atoms with E-state index in [9.17, 15) is 4.39 Å². The van der Waals surface area contributed by atoms with E-state index in [1.54, 1.807) is 0 Å². The Morgan fingerprint density at radius 3 is 3.00 bits per heavy atom. The van der Waals surface area contributed by atoms with Gasteiger partial charge in [-0.05, 0) is 37.3 Å². The summed E-state index contributed by atoms with van der Waals surface area (Å²) in [4.78, 5) is 4.62. The van der Waals surface area contributed by atoms with E-state index < -0.39 is 0 Å². The van der Waals surface area contributed by atoms with Crippen molar-refractivity contribution >= 4 is 10.9 Å². The second-order valence-corrected chi connectivity index (χ2v) is 4.60. The summed E-state index contributed by atoms with van der Waals surface area (Å²) < 4.78 is 14.3. The first-order valence-electron chi connectivity index (χ1n) is 5.84. The van der Waals surface area contributed by atoms with Gasteiger partial charge in [0.1, 0.15) is 5.82 Å². The zero-order valence-electron chi connectivity index (χ0n) is 9.33. The molecule has 3 rings (SSSR count). The average Bonchev–Trinajstić information content (AvgIpc) is 2.31. The Kier molecular flexibility index (Phi) is 2.16. The zero-order chi connectivity index (χ0) is 11.1. The molecule has 82 valence electrons. The van der Waals surface area contributed by atoms with E-state index in [0.29, 0.717) is 11.3 Å². The van der Waals surface area contributed by atoms with Gasteiger partial charge in [0.2, 0.25) is 0 Å². The third kappa shape index (κ3) is 1.33. The van der Waals surface area contributed by atoms with Crippen molar-refractivity contribution in [3.63, 3.8) is 0 Å². The highest BCUT2D eigenvalue weighted by atomic mass is 19.1. The molecule has 0 N–H and O–H groups in total. The van der Waals surface area contributed by atoms with Gasteiger partial charge >= 0.3 is 0 Å². The van der Waals surface area contributed by atoms with Crippen LogP contribution in [0.1, 0.15) is 36.9 Å². The summed E-state index contributed by atoms with van der Waals surface area (Å²) in [5.74, 6) is 0.343. The molecule has 0 saturated heterocycles. The van der Waals surface area contributed by atoms with Crippen molar-refractivity contribution < 1.29 is 4.39 Å². The van der Waals surface area contributed by atoms with Crippen molar-refractivity contribution in [2.75, 3.05) is 0 Å². The number of hydrogen-bond acceptors (Lipinski definition) is 1. The lowest BCUT2D eigenvalue weighted by Gasteiger charge is -2.22. The Morgan fingerprint density at radius 1 is 1.31 bits per heavy atom. The molecular weight excluding hydrogens is 201 g/mol. The molecule has 0 bridgehead atoms. The van der Waals surface area contributed by atoms with Crippen LogP contribution in [0.15, 0.2) is 24.3 Å². The van der Waals surface area contributed by atoms with E-state index in [0.717, 1.165) is 36.0 Å². The van der Waals surface area contributed by atoms with Crippen LogP contribution in [-0.4, -0.2) is 4.98 Å². The van der Waals surface area contributed by atoms with Crippen molar-refractivity contribution in [2.45, 2.75) is 32.1 Å². The predicted octanol–water partition coefficient (Wildman–Crippen LogP) is 3.81. The van der Waals surface area contributed by atoms with E-state index in [-0.39, 0.29) is 5.82 Å². The summed E-state index contributed by atoms with van der Waals surface area (Å²) >= 11 is 0. The molecular formula is C14H14FN. The van der Waals surface area contributed by atoms with Gasteiger partial charge in [0.25, 0.3) is 0 Å². The first kappa shape index (κ1) is 9.76. The molecule has 1 heterocycles. The summed E-state index contributed by atoms with van der Waals surface area (Å²) in [6.07, 6.45) is 3.03. The van der Waals surface area contributed by atoms with Crippen molar-refractivity contribution in [2.24, 2.45) is 0 Å². The minimum Gasteiger partial charge on any atom is -0.252 e. The number of hydrogen-bond donors (Lipinski definition) is 0. The minimum atomic E-state index is -0.0489. The van der Waals surface area contributed by atoms with Crippen LogP contribution in [0.25, 0.3) is 10.9 Å². The van der Waals surface area contributed by atoms with Crippen LogP contribution in [0.5, 0.6) is 0 Å². The fraction of sp³-hybridized carbons (Fsp3) is 0.357. The van der Waals surface area contributed by atoms with Crippen LogP contribution in [0, 0.1) is 5.82 Å². The highest BCUT2D eigenvalue weighted by Crippen LogP contribution is 2.33. The Balaban J connectivity index is 2.36. The largest absolute Gasteiger partial charge is 0.252 e. The number of benzene rings is 1. The maximum Gasteiger partial charge on any atom is 0.137 e. The van der Waals surface area contributed by atoms with Gasteiger partial charge in [0.15, 0.2) is 0 Å². The van der Waals surface area contributed by atoms with Gasteiger partial charge in [-0.25, -0.2) is 4.39 Å². The zero-order valence-corrected chi connectivity index (χ0v) is 9.33. The molecule has 0 radical (unpaired) electrons. The minimum absolute atomic E-state index is 0.0489. The molecule has 1 aromatic carbocycles. The molecule has 2 heteroatoms. The quantitative estimate of drug-likeness (QED) is 0.651. The van der Waals surface area contributed by atoms with Crippen molar-refractivity contribution in [1.29, 1.82) is 0 Å². The second-order valence-electron chi connectivity index (χ2n) is 4.60. The fourth-order valence-corrected chi connectivity index (χ4v) is 2.60. The summed E-state index contributed by atoms with van der Waals surface area (Å²) in [5, 5.41) is 0.662. The molecule has 1 aliphatic carbocycles. The molecule has 1 aromatic heterocycles. The number of aromatic nitrogens is 1. The molecule has 1 unspecified atom stereocenters. The van der Waals surface area contributed by atoms with Crippen LogP contribution in [-0.2, 0) is 6.42 Å². The van der Waals surface area contributed by atoms with Gasteiger partial charge in [-0.2, -0.15) is 0 Å². The van der Waals surface area contributed by atoms with Crippen LogP contribution < -0.4 is 0 Å². The van der Waals surface area contributed by atoms with E-state index in [1.165, 1.54) is 0 Å². The normalized spacial score (nSPS) is 19.8. The lowest BCUT2D eigenvalue weighted by Crippen LogP contribution is -2.12. The monoisotopic (exact) mass is 215 g/mol. The van der Waals surface area contributed by atoms with E-state index >= 15 is 0 Å². The molecule has 1 nitrogen and oxygen atoms in total. The number of fused-ring (bicyclic) bond motifs is 2. The van der Waals surface area contributed by atoms with Crippen LogP contribution >= 0.6 is 0 Å². The molecule has 0 aliphatic heterocycles. The maximum absolute atomic E-state index is 14.3. The summed E-state index contributed by atoms with van der Waals surface area (Å²) in [5.41, 5.74) is 2.60. The highest BCUT2D eigenvalue weighted by Gasteiger charge is 2.22. The van der Waals surface area contributed by atoms with Crippen molar-refractivity contribution in [1.82, 2.24) is 4.98 Å². The van der Waals surface area contributed by atoms with E-state index in [2.05, 4.69) is 11.9 Å². The summed E-state index contributed by atoms with van der Waals surface area (Å²) in [6.45, 7) is 2.14. The lowest BCUT2D eigenvalue weighted by molar-refractivity contribution is 0.537. The Bertz CT molecular complexity index is 548. The molecule has 0 spiro atoms. The molecule has 0 amide bonds. The number of para-hydroxylation sites is 1. The summed E-state index contributed by atoms with van der Waals surface area (Å²) in [7, 11) is 0. The molecule has 0 saturated carbocycles. The molecule has 1 atom stereocenters. The Labute approximate surface area is 94.3 Å². The van der Waals surface area contributed by atoms with Crippen LogP contribution in [0.3, 0.4) is 0 Å². The third-order valence-corrected chi connectivity index (χ3v) is 3.49. The first-order chi connectivity index (χ1) is 7.77. The van der Waals surface area contributed by atoms with Crippen LogP contribution in [0.2, 0.25) is 0 Å². The van der Waals surface area contributed by atoms with E-state index in [4.69, 9.17) is 0 Å². The van der Waals surface area contributed by atoms with Gasteiger partial charge in [0.05, 0.1) is 11.2 Å². The van der Waals surface area contributed by atoms with Gasteiger partial charge < -0.3 is 0 Å². The lowest BCUT2D eigenvalue weighted by atomic mass is 9.87. The maximum atomic E-state index is 14.3. The number of rotatable bonds is 0. The third-order valence-electron chi connectivity index (χ3n) is 3.49. The first-order valence-corrected chi connectivity index (χ1v) is 5.84. The molecule has 2 aromatic rings. The highest BCUT2D eigenvalue weighted by molar-refractivity contribution is 5.80. The molecule has 0 fully saturated rings. The van der Waals surface area contributed by atoms with Gasteiger partial charge in [-0.15, -0.1) is 0 Å². The average molecular weight is 215 g/mol. The number of nitrogens with zero attached hydrogens (tertiary/aromatic N) is 1. The van der Waals surface area contributed by atoms with Gasteiger partial charge in [-0.3, -0.25) is 4.98 Å². The Hall–Kier alpha value is -1.44. The van der Waals surface area contributed by atoms with Crippen molar-refractivity contribution in [3.8, 4) is 0 Å². The second kappa shape index (κ2) is 3.55.